The summed E-state index contributed by atoms with van der Waals surface area (Å²) < 4.78 is 24.0. The summed E-state index contributed by atoms with van der Waals surface area (Å²) in [5, 5.41) is 9.01. The summed E-state index contributed by atoms with van der Waals surface area (Å²) in [6.45, 7) is 1.80. The van der Waals surface area contributed by atoms with E-state index in [1.54, 1.807) is 32.2 Å². The molecule has 1 aliphatic heterocycles. The molecule has 0 amide bonds. The Labute approximate surface area is 99.6 Å². The minimum absolute atomic E-state index is 0.220. The summed E-state index contributed by atoms with van der Waals surface area (Å²) in [5.41, 5.74) is 1.30. The van der Waals surface area contributed by atoms with E-state index in [1.807, 2.05) is 0 Å². The summed E-state index contributed by atoms with van der Waals surface area (Å²) in [6.07, 6.45) is 0. The van der Waals surface area contributed by atoms with Crippen molar-refractivity contribution in [3.05, 3.63) is 23.8 Å². The maximum Gasteiger partial charge on any atom is 0.327 e. The first-order valence-corrected chi connectivity index (χ1v) is 6.77. The molecular weight excluding hydrogens is 242 g/mol. The molecular formula is C11H13NO4S. The smallest absolute Gasteiger partial charge is 0.327 e. The summed E-state index contributed by atoms with van der Waals surface area (Å²) in [5.74, 6) is -1.50. The Hall–Kier alpha value is -1.56. The summed E-state index contributed by atoms with van der Waals surface area (Å²) >= 11 is 0. The minimum Gasteiger partial charge on any atom is -0.480 e. The second-order valence-corrected chi connectivity index (χ2v) is 6.22. The predicted molar refractivity (Wildman–Crippen MR) is 63.1 cm³/mol. The Morgan fingerprint density at radius 2 is 2.12 bits per heavy atom. The van der Waals surface area contributed by atoms with Crippen molar-refractivity contribution in [2.75, 3.05) is 17.7 Å². The zero-order chi connectivity index (χ0) is 12.8. The van der Waals surface area contributed by atoms with E-state index in [0.29, 0.717) is 5.69 Å². The lowest BCUT2D eigenvalue weighted by molar-refractivity contribution is -0.138. The molecule has 1 atom stereocenters. The van der Waals surface area contributed by atoms with Gasteiger partial charge >= 0.3 is 5.97 Å². The van der Waals surface area contributed by atoms with Gasteiger partial charge in [0.2, 0.25) is 0 Å². The Bertz CT molecular complexity index is 579. The third kappa shape index (κ3) is 1.88. The van der Waals surface area contributed by atoms with Crippen molar-refractivity contribution >= 4 is 21.5 Å². The van der Waals surface area contributed by atoms with Crippen molar-refractivity contribution in [2.45, 2.75) is 17.9 Å². The predicted octanol–water partition coefficient (Wildman–Crippen LogP) is 0.672. The number of rotatable bonds is 1. The van der Waals surface area contributed by atoms with Gasteiger partial charge in [0.1, 0.15) is 6.04 Å². The van der Waals surface area contributed by atoms with E-state index in [9.17, 15) is 13.2 Å². The molecule has 0 aliphatic carbocycles. The molecule has 92 valence electrons. The normalized spacial score (nSPS) is 22.0. The number of likely N-dealkylation sites (N-methyl/N-ethyl adjacent to an activating group) is 1. The minimum atomic E-state index is -3.51. The Morgan fingerprint density at radius 3 is 2.71 bits per heavy atom. The van der Waals surface area contributed by atoms with Gasteiger partial charge in [0.05, 0.1) is 16.3 Å². The van der Waals surface area contributed by atoms with Gasteiger partial charge in [-0.1, -0.05) is 6.07 Å². The van der Waals surface area contributed by atoms with Crippen molar-refractivity contribution in [1.29, 1.82) is 0 Å². The number of anilines is 1. The van der Waals surface area contributed by atoms with Gasteiger partial charge in [-0.05, 0) is 24.6 Å². The molecule has 6 heteroatoms. The van der Waals surface area contributed by atoms with E-state index >= 15 is 0 Å². The molecule has 0 saturated carbocycles. The number of aryl methyl sites for hydroxylation is 1. The van der Waals surface area contributed by atoms with Crippen LogP contribution in [0.4, 0.5) is 5.69 Å². The highest BCUT2D eigenvalue weighted by molar-refractivity contribution is 7.91. The third-order valence-corrected chi connectivity index (χ3v) is 4.71. The van der Waals surface area contributed by atoms with Crippen LogP contribution in [0.15, 0.2) is 23.1 Å². The van der Waals surface area contributed by atoms with Gasteiger partial charge in [-0.25, -0.2) is 13.2 Å². The molecule has 1 aliphatic rings. The van der Waals surface area contributed by atoms with Crippen molar-refractivity contribution in [2.24, 2.45) is 0 Å². The molecule has 0 radical (unpaired) electrons. The van der Waals surface area contributed by atoms with Gasteiger partial charge in [-0.2, -0.15) is 0 Å². The first kappa shape index (κ1) is 11.9. The number of hydrogen-bond acceptors (Lipinski definition) is 4. The molecule has 0 aromatic heterocycles. The van der Waals surface area contributed by atoms with Gasteiger partial charge in [0.25, 0.3) is 0 Å². The number of fused-ring (bicyclic) bond motifs is 1. The van der Waals surface area contributed by atoms with Crippen LogP contribution in [0.3, 0.4) is 0 Å². The number of sulfone groups is 1. The largest absolute Gasteiger partial charge is 0.480 e. The molecule has 1 aromatic carbocycles. The first-order chi connectivity index (χ1) is 7.83. The molecule has 17 heavy (non-hydrogen) atoms. The van der Waals surface area contributed by atoms with Gasteiger partial charge in [0.15, 0.2) is 9.84 Å². The summed E-state index contributed by atoms with van der Waals surface area (Å²) in [7, 11) is -1.92. The van der Waals surface area contributed by atoms with E-state index in [-0.39, 0.29) is 10.6 Å². The fraction of sp³-hybridized carbons (Fsp3) is 0.364. The monoisotopic (exact) mass is 255 g/mol. The lowest BCUT2D eigenvalue weighted by Crippen LogP contribution is -2.47. The van der Waals surface area contributed by atoms with E-state index in [4.69, 9.17) is 5.11 Å². The average Bonchev–Trinajstić information content (AvgIpc) is 2.23. The number of nitrogens with zero attached hydrogens (tertiary/aromatic N) is 1. The summed E-state index contributed by atoms with van der Waals surface area (Å²) in [4.78, 5) is 12.7. The Balaban J connectivity index is 2.65. The molecule has 1 unspecified atom stereocenters. The first-order valence-electron chi connectivity index (χ1n) is 5.12. The second kappa shape index (κ2) is 3.73. The number of carboxylic acids is 1. The van der Waals surface area contributed by atoms with E-state index in [1.165, 1.54) is 4.90 Å². The molecule has 0 saturated heterocycles. The van der Waals surface area contributed by atoms with Crippen molar-refractivity contribution in [1.82, 2.24) is 0 Å². The number of hydrogen-bond donors (Lipinski definition) is 1. The standard InChI is InChI=1S/C11H13NO4S/c1-7-3-4-8-10(5-7)17(15,16)6-9(11(13)14)12(8)2/h3-5,9H,6H2,1-2H3,(H,13,14). The SMILES string of the molecule is Cc1ccc2c(c1)S(=O)(=O)CC(C(=O)O)N2C. The van der Waals surface area contributed by atoms with Crippen LogP contribution in [0.25, 0.3) is 0 Å². The van der Waals surface area contributed by atoms with Crippen molar-refractivity contribution in [3.63, 3.8) is 0 Å². The van der Waals surface area contributed by atoms with Crippen LogP contribution in [0.2, 0.25) is 0 Å². The highest BCUT2D eigenvalue weighted by atomic mass is 32.2. The maximum absolute atomic E-state index is 12.0. The topological polar surface area (TPSA) is 74.7 Å². The average molecular weight is 255 g/mol. The van der Waals surface area contributed by atoms with E-state index < -0.39 is 21.8 Å². The molecule has 2 rings (SSSR count). The van der Waals surface area contributed by atoms with Crippen LogP contribution in [0, 0.1) is 6.92 Å². The molecule has 0 bridgehead atoms. The van der Waals surface area contributed by atoms with E-state index in [0.717, 1.165) is 5.56 Å². The molecule has 0 spiro atoms. The molecule has 1 N–H and O–H groups in total. The molecule has 1 heterocycles. The number of aliphatic carboxylic acids is 1. The quantitative estimate of drug-likeness (QED) is 0.798. The second-order valence-electron chi connectivity index (χ2n) is 4.22. The van der Waals surface area contributed by atoms with E-state index in [2.05, 4.69) is 0 Å². The van der Waals surface area contributed by atoms with Crippen LogP contribution in [-0.2, 0) is 14.6 Å². The Kier molecular flexibility index (Phi) is 2.61. The lowest BCUT2D eigenvalue weighted by Gasteiger charge is -2.33. The molecule has 0 fully saturated rings. The van der Waals surface area contributed by atoms with Crippen LogP contribution in [0.5, 0.6) is 0 Å². The lowest BCUT2D eigenvalue weighted by atomic mass is 10.2. The zero-order valence-corrected chi connectivity index (χ0v) is 10.4. The number of carboxylic acid groups (broad SMARTS) is 1. The zero-order valence-electron chi connectivity index (χ0n) is 9.54. The van der Waals surface area contributed by atoms with Crippen LogP contribution in [0.1, 0.15) is 5.56 Å². The van der Waals surface area contributed by atoms with Gasteiger partial charge in [-0.3, -0.25) is 0 Å². The van der Waals surface area contributed by atoms with Crippen LogP contribution < -0.4 is 4.90 Å². The number of benzene rings is 1. The maximum atomic E-state index is 12.0. The number of carbonyl (C=O) groups is 1. The van der Waals surface area contributed by atoms with Gasteiger partial charge in [0, 0.05) is 7.05 Å². The van der Waals surface area contributed by atoms with Gasteiger partial charge < -0.3 is 10.0 Å². The van der Waals surface area contributed by atoms with Gasteiger partial charge in [-0.15, -0.1) is 0 Å². The highest BCUT2D eigenvalue weighted by Gasteiger charge is 2.37. The third-order valence-electron chi connectivity index (χ3n) is 2.96. The van der Waals surface area contributed by atoms with Crippen LogP contribution in [-0.4, -0.2) is 38.3 Å². The molecule has 5 nitrogen and oxygen atoms in total. The van der Waals surface area contributed by atoms with Crippen LogP contribution >= 0.6 is 0 Å². The summed E-state index contributed by atoms with van der Waals surface area (Å²) in [6, 6.07) is 3.99. The van der Waals surface area contributed by atoms with Crippen molar-refractivity contribution in [3.8, 4) is 0 Å². The Morgan fingerprint density at radius 1 is 1.47 bits per heavy atom. The van der Waals surface area contributed by atoms with Crippen molar-refractivity contribution < 1.29 is 18.3 Å². The fourth-order valence-electron chi connectivity index (χ4n) is 1.98. The molecule has 1 aromatic rings. The highest BCUT2D eigenvalue weighted by Crippen LogP contribution is 2.33. The fourth-order valence-corrected chi connectivity index (χ4v) is 3.83.